The third-order valence-corrected chi connectivity index (χ3v) is 3.65. The molecule has 1 unspecified atom stereocenters. The lowest BCUT2D eigenvalue weighted by Crippen LogP contribution is -2.09. The number of hydrogen-bond acceptors (Lipinski definition) is 2. The maximum atomic E-state index is 9.08. The Morgan fingerprint density at radius 2 is 2.25 bits per heavy atom. The molecule has 1 aromatic carbocycles. The number of rotatable bonds is 1. The molecule has 4 heteroatoms. The van der Waals surface area contributed by atoms with Gasteiger partial charge >= 0.3 is 0 Å². The molecule has 0 fully saturated rings. The largest absolute Gasteiger partial charge is 0.494 e. The number of halogens is 2. The third-order valence-electron chi connectivity index (χ3n) is 2.97. The van der Waals surface area contributed by atoms with Gasteiger partial charge in [0.2, 0.25) is 0 Å². The summed E-state index contributed by atoms with van der Waals surface area (Å²) >= 11 is 12.3. The van der Waals surface area contributed by atoms with Crippen molar-refractivity contribution in [3.05, 3.63) is 27.2 Å². The smallest absolute Gasteiger partial charge is 0.156 e. The lowest BCUT2D eigenvalue weighted by Gasteiger charge is -2.23. The Labute approximate surface area is 105 Å². The Hall–Kier alpha value is -0.910. The summed E-state index contributed by atoms with van der Waals surface area (Å²) in [5.41, 5.74) is 1.98. The highest BCUT2D eigenvalue weighted by Crippen LogP contribution is 2.43. The van der Waals surface area contributed by atoms with Crippen LogP contribution in [-0.4, -0.2) is 7.11 Å². The highest BCUT2D eigenvalue weighted by Gasteiger charge is 2.25. The lowest BCUT2D eigenvalue weighted by atomic mass is 9.83. The molecular weight excluding hydrogens is 245 g/mol. The van der Waals surface area contributed by atoms with Gasteiger partial charge in [-0.15, -0.1) is 0 Å². The Balaban J connectivity index is 2.62. The van der Waals surface area contributed by atoms with Gasteiger partial charge in [-0.1, -0.05) is 23.2 Å². The van der Waals surface area contributed by atoms with Gasteiger partial charge in [0.05, 0.1) is 29.1 Å². The molecule has 0 N–H and O–H groups in total. The average Bonchev–Trinajstić information content (AvgIpc) is 2.29. The van der Waals surface area contributed by atoms with Crippen molar-refractivity contribution in [1.29, 1.82) is 5.26 Å². The van der Waals surface area contributed by atoms with Crippen LogP contribution in [0.4, 0.5) is 0 Å². The molecule has 0 aliphatic heterocycles. The summed E-state index contributed by atoms with van der Waals surface area (Å²) in [5, 5.41) is 10.1. The van der Waals surface area contributed by atoms with Crippen LogP contribution in [0.2, 0.25) is 10.0 Å². The summed E-state index contributed by atoms with van der Waals surface area (Å²) in [6.45, 7) is 0. The second-order valence-corrected chi connectivity index (χ2v) is 4.63. The molecule has 2 rings (SSSR count). The molecule has 0 radical (unpaired) electrons. The molecule has 84 valence electrons. The fourth-order valence-corrected chi connectivity index (χ4v) is 2.90. The van der Waals surface area contributed by atoms with Gasteiger partial charge in [0.15, 0.2) is 5.75 Å². The Kier molecular flexibility index (Phi) is 3.28. The van der Waals surface area contributed by atoms with Crippen LogP contribution in [0.15, 0.2) is 6.07 Å². The van der Waals surface area contributed by atoms with Crippen molar-refractivity contribution >= 4 is 23.2 Å². The minimum absolute atomic E-state index is 0.0929. The summed E-state index contributed by atoms with van der Waals surface area (Å²) in [7, 11) is 1.55. The standard InChI is InChI=1S/C12H11Cl2NO/c1-16-12-10(13)5-9-7(6-15)3-2-4-8(9)11(12)14/h5,7H,2-4H2,1H3. The maximum absolute atomic E-state index is 9.08. The summed E-state index contributed by atoms with van der Waals surface area (Å²) < 4.78 is 5.16. The molecule has 16 heavy (non-hydrogen) atoms. The highest BCUT2D eigenvalue weighted by atomic mass is 35.5. The summed E-state index contributed by atoms with van der Waals surface area (Å²) in [6.07, 6.45) is 2.75. The molecule has 1 aliphatic rings. The summed E-state index contributed by atoms with van der Waals surface area (Å²) in [5.74, 6) is 0.422. The van der Waals surface area contributed by atoms with Crippen LogP contribution >= 0.6 is 23.2 Å². The first-order chi connectivity index (χ1) is 7.69. The molecule has 1 atom stereocenters. The third kappa shape index (κ3) is 1.75. The normalized spacial score (nSPS) is 18.8. The molecule has 1 aliphatic carbocycles. The van der Waals surface area contributed by atoms with E-state index >= 15 is 0 Å². The Morgan fingerprint density at radius 1 is 1.50 bits per heavy atom. The summed E-state index contributed by atoms with van der Waals surface area (Å²) in [4.78, 5) is 0. The van der Waals surface area contributed by atoms with Crippen LogP contribution in [0.5, 0.6) is 5.75 Å². The zero-order chi connectivity index (χ0) is 11.7. The van der Waals surface area contributed by atoms with Gasteiger partial charge in [0, 0.05) is 0 Å². The number of methoxy groups -OCH3 is 1. The molecule has 1 aromatic rings. The minimum atomic E-state index is -0.0929. The van der Waals surface area contributed by atoms with Gasteiger partial charge in [0.1, 0.15) is 0 Å². The van der Waals surface area contributed by atoms with E-state index in [0.717, 1.165) is 30.4 Å². The number of benzene rings is 1. The highest BCUT2D eigenvalue weighted by molar-refractivity contribution is 6.37. The van der Waals surface area contributed by atoms with E-state index in [1.54, 1.807) is 7.11 Å². The van der Waals surface area contributed by atoms with Crippen molar-refractivity contribution in [2.75, 3.05) is 7.11 Å². The van der Waals surface area contributed by atoms with E-state index in [-0.39, 0.29) is 5.92 Å². The van der Waals surface area contributed by atoms with E-state index < -0.39 is 0 Å². The molecular formula is C12H11Cl2NO. The van der Waals surface area contributed by atoms with E-state index in [1.165, 1.54) is 0 Å². The topological polar surface area (TPSA) is 33.0 Å². The molecule has 0 saturated carbocycles. The fourth-order valence-electron chi connectivity index (χ4n) is 2.18. The molecule has 0 bridgehead atoms. The van der Waals surface area contributed by atoms with Crippen LogP contribution in [0.25, 0.3) is 0 Å². The quantitative estimate of drug-likeness (QED) is 0.762. The van der Waals surface area contributed by atoms with Crippen LogP contribution in [0.3, 0.4) is 0 Å². The van der Waals surface area contributed by atoms with E-state index in [4.69, 9.17) is 33.2 Å². The Morgan fingerprint density at radius 3 is 2.88 bits per heavy atom. The first-order valence-corrected chi connectivity index (χ1v) is 5.89. The van der Waals surface area contributed by atoms with Crippen molar-refractivity contribution in [2.45, 2.75) is 25.2 Å². The lowest BCUT2D eigenvalue weighted by molar-refractivity contribution is 0.414. The number of hydrogen-bond donors (Lipinski definition) is 0. The number of nitrogens with zero attached hydrogens (tertiary/aromatic N) is 1. The van der Waals surface area contributed by atoms with Crippen LogP contribution in [0, 0.1) is 11.3 Å². The molecule has 0 amide bonds. The van der Waals surface area contributed by atoms with Crippen molar-refractivity contribution < 1.29 is 4.74 Å². The van der Waals surface area contributed by atoms with E-state index in [0.29, 0.717) is 15.8 Å². The molecule has 0 spiro atoms. The van der Waals surface area contributed by atoms with Crippen molar-refractivity contribution in [3.8, 4) is 11.8 Å². The van der Waals surface area contributed by atoms with Crippen LogP contribution in [-0.2, 0) is 6.42 Å². The van der Waals surface area contributed by atoms with Gasteiger partial charge in [-0.3, -0.25) is 0 Å². The predicted octanol–water partition coefficient (Wildman–Crippen LogP) is 3.95. The second-order valence-electron chi connectivity index (χ2n) is 3.85. The van der Waals surface area contributed by atoms with Gasteiger partial charge < -0.3 is 4.74 Å². The minimum Gasteiger partial charge on any atom is -0.494 e. The Bertz CT molecular complexity index is 465. The number of fused-ring (bicyclic) bond motifs is 1. The van der Waals surface area contributed by atoms with Crippen LogP contribution < -0.4 is 4.74 Å². The van der Waals surface area contributed by atoms with Crippen molar-refractivity contribution in [1.82, 2.24) is 0 Å². The SMILES string of the molecule is COc1c(Cl)cc2c(c1Cl)CCCC2C#N. The van der Waals surface area contributed by atoms with E-state index in [9.17, 15) is 0 Å². The predicted molar refractivity (Wildman–Crippen MR) is 64.3 cm³/mol. The van der Waals surface area contributed by atoms with Gasteiger partial charge in [-0.2, -0.15) is 5.26 Å². The van der Waals surface area contributed by atoms with Gasteiger partial charge in [-0.25, -0.2) is 0 Å². The van der Waals surface area contributed by atoms with Gasteiger partial charge in [0.25, 0.3) is 0 Å². The first kappa shape index (κ1) is 11.6. The molecule has 0 aromatic heterocycles. The average molecular weight is 256 g/mol. The molecule has 2 nitrogen and oxygen atoms in total. The van der Waals surface area contributed by atoms with E-state index in [1.807, 2.05) is 6.07 Å². The second kappa shape index (κ2) is 4.53. The monoisotopic (exact) mass is 255 g/mol. The summed E-state index contributed by atoms with van der Waals surface area (Å²) in [6, 6.07) is 4.11. The zero-order valence-electron chi connectivity index (χ0n) is 8.89. The number of nitriles is 1. The van der Waals surface area contributed by atoms with Crippen LogP contribution in [0.1, 0.15) is 29.9 Å². The van der Waals surface area contributed by atoms with Crippen molar-refractivity contribution in [3.63, 3.8) is 0 Å². The van der Waals surface area contributed by atoms with Gasteiger partial charge in [-0.05, 0) is 36.5 Å². The molecule has 0 heterocycles. The first-order valence-electron chi connectivity index (χ1n) is 5.13. The molecule has 0 saturated heterocycles. The van der Waals surface area contributed by atoms with Crippen molar-refractivity contribution in [2.24, 2.45) is 0 Å². The maximum Gasteiger partial charge on any atom is 0.156 e. The number of ether oxygens (including phenoxy) is 1. The van der Waals surface area contributed by atoms with E-state index in [2.05, 4.69) is 6.07 Å². The fraction of sp³-hybridized carbons (Fsp3) is 0.417. The zero-order valence-corrected chi connectivity index (χ0v) is 10.4.